The Morgan fingerprint density at radius 2 is 1.95 bits per heavy atom. The van der Waals surface area contributed by atoms with Crippen LogP contribution in [0.2, 0.25) is 5.15 Å². The van der Waals surface area contributed by atoms with Gasteiger partial charge in [-0.25, -0.2) is 9.97 Å². The average Bonchev–Trinajstić information content (AvgIpc) is 2.45. The molecule has 0 saturated heterocycles. The van der Waals surface area contributed by atoms with Crippen LogP contribution in [0.5, 0.6) is 0 Å². The number of aromatic nitrogens is 2. The number of rotatable bonds is 6. The third-order valence-corrected chi connectivity index (χ3v) is 4.32. The van der Waals surface area contributed by atoms with Gasteiger partial charge in [-0.05, 0) is 24.7 Å². The predicted molar refractivity (Wildman–Crippen MR) is 82.0 cm³/mol. The van der Waals surface area contributed by atoms with Gasteiger partial charge in [-0.15, -0.1) is 0 Å². The highest BCUT2D eigenvalue weighted by Gasteiger charge is 2.19. The summed E-state index contributed by atoms with van der Waals surface area (Å²) in [6.07, 6.45) is 6.68. The summed E-state index contributed by atoms with van der Waals surface area (Å²) in [6.45, 7) is 3.65. The fourth-order valence-corrected chi connectivity index (χ4v) is 3.04. The number of halogens is 1. The molecule has 1 saturated carbocycles. The van der Waals surface area contributed by atoms with E-state index >= 15 is 0 Å². The second-order valence-corrected chi connectivity index (χ2v) is 5.99. The van der Waals surface area contributed by atoms with Gasteiger partial charge in [0.1, 0.15) is 17.6 Å². The lowest BCUT2D eigenvalue weighted by Gasteiger charge is -2.28. The Labute approximate surface area is 126 Å². The molecule has 4 nitrogen and oxygen atoms in total. The fraction of sp³-hybridized carbons (Fsp3) is 0.733. The standard InChI is InChI=1S/C15H24ClN3O/c1-3-11-4-6-12(7-5-11)9-17-14-8-13(16)18-15(19-14)10-20-2/h8,11-12H,3-7,9-10H2,1-2H3,(H,17,18,19). The third kappa shape index (κ3) is 4.60. The molecular formula is C15H24ClN3O. The first kappa shape index (κ1) is 15.5. The van der Waals surface area contributed by atoms with Crippen LogP contribution in [-0.2, 0) is 11.3 Å². The van der Waals surface area contributed by atoms with E-state index < -0.39 is 0 Å². The molecule has 2 rings (SSSR count). The van der Waals surface area contributed by atoms with Crippen molar-refractivity contribution in [2.75, 3.05) is 19.0 Å². The zero-order chi connectivity index (χ0) is 14.4. The lowest BCUT2D eigenvalue weighted by Crippen LogP contribution is -2.21. The topological polar surface area (TPSA) is 47.0 Å². The summed E-state index contributed by atoms with van der Waals surface area (Å²) in [5.74, 6) is 3.11. The Kier molecular flexibility index (Phi) is 6.05. The molecule has 1 aromatic rings. The summed E-state index contributed by atoms with van der Waals surface area (Å²) in [6, 6.07) is 1.78. The molecule has 5 heteroatoms. The van der Waals surface area contributed by atoms with Gasteiger partial charge in [0, 0.05) is 19.7 Å². The van der Waals surface area contributed by atoms with Gasteiger partial charge in [0.25, 0.3) is 0 Å². The molecule has 0 amide bonds. The number of nitrogens with zero attached hydrogens (tertiary/aromatic N) is 2. The fourth-order valence-electron chi connectivity index (χ4n) is 2.84. The first-order valence-corrected chi connectivity index (χ1v) is 7.85. The summed E-state index contributed by atoms with van der Waals surface area (Å²) >= 11 is 6.00. The highest BCUT2D eigenvalue weighted by molar-refractivity contribution is 6.29. The Hall–Kier alpha value is -0.870. The van der Waals surface area contributed by atoms with Crippen molar-refractivity contribution >= 4 is 17.4 Å². The van der Waals surface area contributed by atoms with Crippen molar-refractivity contribution in [3.63, 3.8) is 0 Å². The van der Waals surface area contributed by atoms with Crippen molar-refractivity contribution in [3.8, 4) is 0 Å². The number of anilines is 1. The maximum absolute atomic E-state index is 6.00. The second-order valence-electron chi connectivity index (χ2n) is 5.60. The lowest BCUT2D eigenvalue weighted by molar-refractivity contribution is 0.178. The highest BCUT2D eigenvalue weighted by atomic mass is 35.5. The Bertz CT molecular complexity index is 420. The van der Waals surface area contributed by atoms with Gasteiger partial charge >= 0.3 is 0 Å². The van der Waals surface area contributed by atoms with Gasteiger partial charge in [0.2, 0.25) is 0 Å². The molecule has 0 aromatic carbocycles. The van der Waals surface area contributed by atoms with Gasteiger partial charge in [-0.1, -0.05) is 37.8 Å². The zero-order valence-corrected chi connectivity index (χ0v) is 13.1. The smallest absolute Gasteiger partial charge is 0.158 e. The minimum atomic E-state index is 0.386. The summed E-state index contributed by atoms with van der Waals surface area (Å²) in [7, 11) is 1.63. The van der Waals surface area contributed by atoms with Crippen LogP contribution in [0.25, 0.3) is 0 Å². The van der Waals surface area contributed by atoms with Crippen molar-refractivity contribution in [1.29, 1.82) is 0 Å². The van der Waals surface area contributed by atoms with E-state index in [1.165, 1.54) is 32.1 Å². The zero-order valence-electron chi connectivity index (χ0n) is 12.4. The third-order valence-electron chi connectivity index (χ3n) is 4.13. The van der Waals surface area contributed by atoms with Gasteiger partial charge in [-0.2, -0.15) is 0 Å². The number of methoxy groups -OCH3 is 1. The molecule has 1 aliphatic rings. The van der Waals surface area contributed by atoms with Crippen molar-refractivity contribution in [1.82, 2.24) is 9.97 Å². The van der Waals surface area contributed by atoms with E-state index in [1.807, 2.05) is 0 Å². The quantitative estimate of drug-likeness (QED) is 0.809. The van der Waals surface area contributed by atoms with E-state index in [2.05, 4.69) is 22.2 Å². The Morgan fingerprint density at radius 3 is 2.60 bits per heavy atom. The number of hydrogen-bond donors (Lipinski definition) is 1. The van der Waals surface area contributed by atoms with Crippen molar-refractivity contribution < 1.29 is 4.74 Å². The molecule has 1 aliphatic carbocycles. The van der Waals surface area contributed by atoms with Crippen molar-refractivity contribution in [3.05, 3.63) is 17.0 Å². The van der Waals surface area contributed by atoms with Gasteiger partial charge in [-0.3, -0.25) is 0 Å². The molecule has 112 valence electrons. The highest BCUT2D eigenvalue weighted by Crippen LogP contribution is 2.30. The molecule has 0 atom stereocenters. The summed E-state index contributed by atoms with van der Waals surface area (Å²) < 4.78 is 5.05. The minimum absolute atomic E-state index is 0.386. The van der Waals surface area contributed by atoms with Gasteiger partial charge in [0.05, 0.1) is 0 Å². The Balaban J connectivity index is 1.84. The van der Waals surface area contributed by atoms with Crippen LogP contribution in [0.4, 0.5) is 5.82 Å². The molecule has 1 heterocycles. The number of hydrogen-bond acceptors (Lipinski definition) is 4. The van der Waals surface area contributed by atoms with E-state index in [0.29, 0.717) is 17.6 Å². The van der Waals surface area contributed by atoms with Gasteiger partial charge in [0.15, 0.2) is 5.82 Å². The van der Waals surface area contributed by atoms with Crippen LogP contribution in [-0.4, -0.2) is 23.6 Å². The van der Waals surface area contributed by atoms with Crippen LogP contribution >= 0.6 is 11.6 Å². The molecule has 0 unspecified atom stereocenters. The molecule has 0 aliphatic heterocycles. The van der Waals surface area contributed by atoms with Crippen molar-refractivity contribution in [2.45, 2.75) is 45.6 Å². The Morgan fingerprint density at radius 1 is 1.25 bits per heavy atom. The predicted octanol–water partition coefficient (Wildman–Crippen LogP) is 3.90. The van der Waals surface area contributed by atoms with E-state index in [0.717, 1.165) is 24.2 Å². The second kappa shape index (κ2) is 7.79. The van der Waals surface area contributed by atoms with Crippen LogP contribution in [0.15, 0.2) is 6.07 Å². The maximum Gasteiger partial charge on any atom is 0.158 e. The van der Waals surface area contributed by atoms with Crippen molar-refractivity contribution in [2.24, 2.45) is 11.8 Å². The molecule has 1 aromatic heterocycles. The normalized spacial score (nSPS) is 22.8. The molecule has 0 radical (unpaired) electrons. The molecule has 0 spiro atoms. The van der Waals surface area contributed by atoms with Crippen LogP contribution in [0, 0.1) is 11.8 Å². The summed E-state index contributed by atoms with van der Waals surface area (Å²) in [4.78, 5) is 8.54. The molecule has 20 heavy (non-hydrogen) atoms. The largest absolute Gasteiger partial charge is 0.377 e. The lowest BCUT2D eigenvalue weighted by atomic mass is 9.81. The molecule has 0 bridgehead atoms. The number of ether oxygens (including phenoxy) is 1. The van der Waals surface area contributed by atoms with E-state index in [4.69, 9.17) is 16.3 Å². The number of nitrogens with one attached hydrogen (secondary N) is 1. The van der Waals surface area contributed by atoms with E-state index in [-0.39, 0.29) is 0 Å². The SMILES string of the molecule is CCC1CCC(CNc2cc(Cl)nc(COC)n2)CC1. The molecule has 1 N–H and O–H groups in total. The average molecular weight is 298 g/mol. The summed E-state index contributed by atoms with van der Waals surface area (Å²) in [5, 5.41) is 3.86. The first-order chi connectivity index (χ1) is 9.71. The monoisotopic (exact) mass is 297 g/mol. The minimum Gasteiger partial charge on any atom is -0.377 e. The van der Waals surface area contributed by atoms with Crippen LogP contribution < -0.4 is 5.32 Å². The molecule has 1 fully saturated rings. The van der Waals surface area contributed by atoms with E-state index in [1.54, 1.807) is 13.2 Å². The first-order valence-electron chi connectivity index (χ1n) is 7.47. The van der Waals surface area contributed by atoms with Crippen LogP contribution in [0.1, 0.15) is 44.9 Å². The molecular weight excluding hydrogens is 274 g/mol. The van der Waals surface area contributed by atoms with Gasteiger partial charge < -0.3 is 10.1 Å². The van der Waals surface area contributed by atoms with E-state index in [9.17, 15) is 0 Å². The maximum atomic E-state index is 6.00. The summed E-state index contributed by atoms with van der Waals surface area (Å²) in [5.41, 5.74) is 0. The van der Waals surface area contributed by atoms with Crippen LogP contribution in [0.3, 0.4) is 0 Å².